The SMILES string of the molecule is Cc1nc(CN2CCCCC2C(=O)N2CCOCC2)n[nH]1. The molecule has 7 heteroatoms. The van der Waals surface area contributed by atoms with Gasteiger partial charge < -0.3 is 9.64 Å². The maximum atomic E-state index is 12.7. The first-order valence-corrected chi connectivity index (χ1v) is 7.72. The summed E-state index contributed by atoms with van der Waals surface area (Å²) in [5, 5.41) is 7.06. The van der Waals surface area contributed by atoms with E-state index in [0.29, 0.717) is 32.8 Å². The molecule has 3 heterocycles. The highest BCUT2D eigenvalue weighted by molar-refractivity contribution is 5.82. The maximum Gasteiger partial charge on any atom is 0.240 e. The van der Waals surface area contributed by atoms with Gasteiger partial charge >= 0.3 is 0 Å². The van der Waals surface area contributed by atoms with Crippen LogP contribution in [0.5, 0.6) is 0 Å². The molecule has 0 bridgehead atoms. The molecule has 1 aromatic heterocycles. The first-order valence-electron chi connectivity index (χ1n) is 7.72. The molecule has 1 amide bonds. The van der Waals surface area contributed by atoms with Gasteiger partial charge in [-0.3, -0.25) is 14.8 Å². The van der Waals surface area contributed by atoms with Crippen LogP contribution in [0.3, 0.4) is 0 Å². The van der Waals surface area contributed by atoms with Crippen molar-refractivity contribution < 1.29 is 9.53 Å². The molecular weight excluding hydrogens is 270 g/mol. The van der Waals surface area contributed by atoms with E-state index < -0.39 is 0 Å². The van der Waals surface area contributed by atoms with E-state index in [2.05, 4.69) is 20.1 Å². The number of nitrogens with zero attached hydrogens (tertiary/aromatic N) is 4. The molecule has 2 saturated heterocycles. The highest BCUT2D eigenvalue weighted by Gasteiger charge is 2.33. The Labute approximate surface area is 124 Å². The highest BCUT2D eigenvalue weighted by atomic mass is 16.5. The lowest BCUT2D eigenvalue weighted by Crippen LogP contribution is -2.53. The monoisotopic (exact) mass is 293 g/mol. The van der Waals surface area contributed by atoms with Gasteiger partial charge in [0.1, 0.15) is 5.82 Å². The van der Waals surface area contributed by atoms with Crippen LogP contribution in [0.25, 0.3) is 0 Å². The zero-order valence-electron chi connectivity index (χ0n) is 12.5. The maximum absolute atomic E-state index is 12.7. The summed E-state index contributed by atoms with van der Waals surface area (Å²) in [6, 6.07) is -0.0318. The van der Waals surface area contributed by atoms with E-state index in [-0.39, 0.29) is 11.9 Å². The van der Waals surface area contributed by atoms with Crippen molar-refractivity contribution in [2.24, 2.45) is 0 Å². The number of piperidine rings is 1. The molecule has 0 aromatic carbocycles. The Morgan fingerprint density at radius 1 is 1.33 bits per heavy atom. The minimum absolute atomic E-state index is 0.0318. The quantitative estimate of drug-likeness (QED) is 0.869. The fraction of sp³-hybridized carbons (Fsp3) is 0.786. The second kappa shape index (κ2) is 6.53. The molecule has 116 valence electrons. The molecular formula is C14H23N5O2. The summed E-state index contributed by atoms with van der Waals surface area (Å²) in [6.07, 6.45) is 3.18. The standard InChI is InChI=1S/C14H23N5O2/c1-11-15-13(17-16-11)10-19-5-3-2-4-12(19)14(20)18-6-8-21-9-7-18/h12H,2-10H2,1H3,(H,15,16,17). The Bertz CT molecular complexity index is 483. The van der Waals surface area contributed by atoms with Gasteiger partial charge in [0, 0.05) is 13.1 Å². The number of amides is 1. The predicted molar refractivity (Wildman–Crippen MR) is 76.6 cm³/mol. The lowest BCUT2D eigenvalue weighted by Gasteiger charge is -2.38. The van der Waals surface area contributed by atoms with Crippen molar-refractivity contribution in [3.05, 3.63) is 11.6 Å². The zero-order valence-corrected chi connectivity index (χ0v) is 12.5. The molecule has 7 nitrogen and oxygen atoms in total. The second-order valence-corrected chi connectivity index (χ2v) is 5.76. The second-order valence-electron chi connectivity index (χ2n) is 5.76. The number of nitrogens with one attached hydrogen (secondary N) is 1. The number of hydrogen-bond acceptors (Lipinski definition) is 5. The lowest BCUT2D eigenvalue weighted by atomic mass is 10.0. The Morgan fingerprint density at radius 2 is 2.14 bits per heavy atom. The first kappa shape index (κ1) is 14.5. The average molecular weight is 293 g/mol. The van der Waals surface area contributed by atoms with Gasteiger partial charge in [-0.05, 0) is 26.3 Å². The number of aromatic amines is 1. The van der Waals surface area contributed by atoms with Crippen molar-refractivity contribution in [1.29, 1.82) is 0 Å². The van der Waals surface area contributed by atoms with Gasteiger partial charge in [0.15, 0.2) is 5.82 Å². The van der Waals surface area contributed by atoms with Gasteiger partial charge in [-0.2, -0.15) is 5.10 Å². The molecule has 3 rings (SSSR count). The van der Waals surface area contributed by atoms with Crippen LogP contribution in [0.15, 0.2) is 0 Å². The van der Waals surface area contributed by atoms with E-state index in [1.165, 1.54) is 0 Å². The molecule has 1 N–H and O–H groups in total. The molecule has 2 aliphatic rings. The van der Waals surface area contributed by atoms with Crippen LogP contribution in [0.1, 0.15) is 30.9 Å². The number of H-pyrrole nitrogens is 1. The third kappa shape index (κ3) is 3.41. The number of likely N-dealkylation sites (tertiary alicyclic amines) is 1. The van der Waals surface area contributed by atoms with Crippen molar-refractivity contribution in [3.8, 4) is 0 Å². The van der Waals surface area contributed by atoms with E-state index in [9.17, 15) is 4.79 Å². The van der Waals surface area contributed by atoms with E-state index in [4.69, 9.17) is 4.74 Å². The first-order chi connectivity index (χ1) is 10.2. The van der Waals surface area contributed by atoms with Crippen LogP contribution < -0.4 is 0 Å². The van der Waals surface area contributed by atoms with Gasteiger partial charge in [-0.25, -0.2) is 4.98 Å². The molecule has 1 unspecified atom stereocenters. The van der Waals surface area contributed by atoms with Gasteiger partial charge in [-0.1, -0.05) is 6.42 Å². The fourth-order valence-corrected chi connectivity index (χ4v) is 3.10. The minimum atomic E-state index is -0.0318. The van der Waals surface area contributed by atoms with Crippen molar-refractivity contribution in [2.75, 3.05) is 32.8 Å². The highest BCUT2D eigenvalue weighted by Crippen LogP contribution is 2.21. The summed E-state index contributed by atoms with van der Waals surface area (Å²) in [4.78, 5) is 21.3. The average Bonchev–Trinajstić information content (AvgIpc) is 2.93. The smallest absolute Gasteiger partial charge is 0.240 e. The lowest BCUT2D eigenvalue weighted by molar-refractivity contribution is -0.142. The van der Waals surface area contributed by atoms with Crippen molar-refractivity contribution in [3.63, 3.8) is 0 Å². The van der Waals surface area contributed by atoms with Gasteiger partial charge in [0.2, 0.25) is 5.91 Å². The number of carbonyl (C=O) groups excluding carboxylic acids is 1. The number of morpholine rings is 1. The Kier molecular flexibility index (Phi) is 4.50. The molecule has 21 heavy (non-hydrogen) atoms. The molecule has 0 radical (unpaired) electrons. The van der Waals surface area contributed by atoms with E-state index in [1.54, 1.807) is 0 Å². The van der Waals surface area contributed by atoms with Crippen molar-refractivity contribution >= 4 is 5.91 Å². The number of carbonyl (C=O) groups is 1. The van der Waals surface area contributed by atoms with Gasteiger partial charge in [-0.15, -0.1) is 0 Å². The van der Waals surface area contributed by atoms with Gasteiger partial charge in [0.05, 0.1) is 25.8 Å². The van der Waals surface area contributed by atoms with Crippen LogP contribution in [0.4, 0.5) is 0 Å². The minimum Gasteiger partial charge on any atom is -0.378 e. The summed E-state index contributed by atoms with van der Waals surface area (Å²) in [6.45, 7) is 6.20. The molecule has 2 fully saturated rings. The normalized spacial score (nSPS) is 24.2. The number of rotatable bonds is 3. The van der Waals surface area contributed by atoms with Crippen LogP contribution in [0, 0.1) is 6.92 Å². The summed E-state index contributed by atoms with van der Waals surface area (Å²) < 4.78 is 5.33. The molecule has 0 aliphatic carbocycles. The zero-order chi connectivity index (χ0) is 14.7. The van der Waals surface area contributed by atoms with Crippen LogP contribution >= 0.6 is 0 Å². The Morgan fingerprint density at radius 3 is 2.86 bits per heavy atom. The fourth-order valence-electron chi connectivity index (χ4n) is 3.10. The number of ether oxygens (including phenoxy) is 1. The van der Waals surface area contributed by atoms with Gasteiger partial charge in [0.25, 0.3) is 0 Å². The molecule has 2 aliphatic heterocycles. The summed E-state index contributed by atoms with van der Waals surface area (Å²) in [5.41, 5.74) is 0. The van der Waals surface area contributed by atoms with Crippen molar-refractivity contribution in [1.82, 2.24) is 25.0 Å². The van der Waals surface area contributed by atoms with Crippen LogP contribution in [-0.2, 0) is 16.1 Å². The molecule has 0 saturated carbocycles. The Hall–Kier alpha value is -1.47. The number of aryl methyl sites for hydroxylation is 1. The van der Waals surface area contributed by atoms with Crippen LogP contribution in [-0.4, -0.2) is 69.8 Å². The van der Waals surface area contributed by atoms with Crippen molar-refractivity contribution in [2.45, 2.75) is 38.8 Å². The topological polar surface area (TPSA) is 74.3 Å². The van der Waals surface area contributed by atoms with E-state index >= 15 is 0 Å². The largest absolute Gasteiger partial charge is 0.378 e. The Balaban J connectivity index is 1.67. The summed E-state index contributed by atoms with van der Waals surface area (Å²) >= 11 is 0. The van der Waals surface area contributed by atoms with E-state index in [0.717, 1.165) is 37.5 Å². The van der Waals surface area contributed by atoms with E-state index in [1.807, 2.05) is 11.8 Å². The molecule has 0 spiro atoms. The molecule has 1 aromatic rings. The van der Waals surface area contributed by atoms with Crippen LogP contribution in [0.2, 0.25) is 0 Å². The third-order valence-electron chi connectivity index (χ3n) is 4.21. The number of aromatic nitrogens is 3. The number of hydrogen-bond donors (Lipinski definition) is 1. The molecule has 1 atom stereocenters. The summed E-state index contributed by atoms with van der Waals surface area (Å²) in [7, 11) is 0. The third-order valence-corrected chi connectivity index (χ3v) is 4.21. The summed E-state index contributed by atoms with van der Waals surface area (Å²) in [5.74, 6) is 1.83. The predicted octanol–water partition coefficient (Wildman–Crippen LogP) is 0.326.